The van der Waals surface area contributed by atoms with Crippen LogP contribution in [-0.2, 0) is 14.3 Å². The topological polar surface area (TPSA) is 91.1 Å². The molecule has 0 aromatic heterocycles. The molecular formula is C14H18N2O5. The lowest BCUT2D eigenvalue weighted by Crippen LogP contribution is -2.42. The molecule has 0 spiro atoms. The quantitative estimate of drug-likeness (QED) is 0.634. The van der Waals surface area contributed by atoms with E-state index >= 15 is 0 Å². The first-order valence-corrected chi connectivity index (χ1v) is 6.58. The molecule has 1 aromatic rings. The molecule has 1 aliphatic heterocycles. The summed E-state index contributed by atoms with van der Waals surface area (Å²) in [5.41, 5.74) is 6.14. The first-order valence-electron chi connectivity index (χ1n) is 6.58. The number of ether oxygens (including phenoxy) is 3. The van der Waals surface area contributed by atoms with Crippen LogP contribution >= 0.6 is 0 Å². The molecule has 0 radical (unpaired) electrons. The summed E-state index contributed by atoms with van der Waals surface area (Å²) in [6, 6.07) is 4.85. The van der Waals surface area contributed by atoms with Gasteiger partial charge in [-0.05, 0) is 12.1 Å². The van der Waals surface area contributed by atoms with Crippen LogP contribution in [0, 0.1) is 0 Å². The second-order valence-corrected chi connectivity index (χ2v) is 4.49. The maximum absolute atomic E-state index is 12.1. The molecule has 7 nitrogen and oxygen atoms in total. The smallest absolute Gasteiger partial charge is 0.344 e. The van der Waals surface area contributed by atoms with Gasteiger partial charge in [-0.1, -0.05) is 6.07 Å². The molecule has 2 rings (SSSR count). The third-order valence-corrected chi connectivity index (χ3v) is 3.17. The summed E-state index contributed by atoms with van der Waals surface area (Å²) in [4.78, 5) is 25.6. The van der Waals surface area contributed by atoms with Gasteiger partial charge in [0.15, 0.2) is 6.61 Å². The number of methoxy groups -OCH3 is 1. The van der Waals surface area contributed by atoms with Gasteiger partial charge in [0.25, 0.3) is 5.91 Å². The van der Waals surface area contributed by atoms with Crippen molar-refractivity contribution in [2.75, 3.05) is 45.8 Å². The van der Waals surface area contributed by atoms with Gasteiger partial charge in [-0.2, -0.15) is 0 Å². The number of nitrogen functional groups attached to an aromatic ring is 1. The summed E-state index contributed by atoms with van der Waals surface area (Å²) < 4.78 is 15.3. The Labute approximate surface area is 122 Å². The first kappa shape index (κ1) is 15.1. The number of esters is 1. The molecule has 7 heteroatoms. The fourth-order valence-electron chi connectivity index (χ4n) is 2.04. The molecule has 0 atom stereocenters. The maximum atomic E-state index is 12.1. The molecular weight excluding hydrogens is 276 g/mol. The fraction of sp³-hybridized carbons (Fsp3) is 0.429. The number of hydrogen-bond donors (Lipinski definition) is 1. The highest BCUT2D eigenvalue weighted by Crippen LogP contribution is 2.24. The van der Waals surface area contributed by atoms with Gasteiger partial charge < -0.3 is 24.8 Å². The number of morpholine rings is 1. The minimum Gasteiger partial charge on any atom is -0.496 e. The van der Waals surface area contributed by atoms with Crippen molar-refractivity contribution in [1.82, 2.24) is 4.90 Å². The third-order valence-electron chi connectivity index (χ3n) is 3.17. The molecule has 1 amide bonds. The monoisotopic (exact) mass is 294 g/mol. The van der Waals surface area contributed by atoms with Crippen LogP contribution in [0.2, 0.25) is 0 Å². The Balaban J connectivity index is 1.97. The fourth-order valence-corrected chi connectivity index (χ4v) is 2.04. The number of carbonyl (C=O) groups excluding carboxylic acids is 2. The van der Waals surface area contributed by atoms with E-state index < -0.39 is 5.97 Å². The summed E-state index contributed by atoms with van der Waals surface area (Å²) in [5.74, 6) is -0.606. The average molecular weight is 294 g/mol. The lowest BCUT2D eigenvalue weighted by Gasteiger charge is -2.26. The Morgan fingerprint density at radius 1 is 1.33 bits per heavy atom. The molecule has 0 saturated carbocycles. The highest BCUT2D eigenvalue weighted by atomic mass is 16.5. The van der Waals surface area contributed by atoms with Gasteiger partial charge in [-0.3, -0.25) is 4.79 Å². The standard InChI is InChI=1S/C14H18N2O5/c1-19-11-4-2-3-10(15)13(11)14(18)21-9-12(17)16-5-7-20-8-6-16/h2-4H,5-9,15H2,1H3. The zero-order valence-electron chi connectivity index (χ0n) is 11.8. The van der Waals surface area contributed by atoms with E-state index in [2.05, 4.69) is 0 Å². The predicted molar refractivity (Wildman–Crippen MR) is 75.1 cm³/mol. The summed E-state index contributed by atoms with van der Waals surface area (Å²) in [5, 5.41) is 0. The third kappa shape index (κ3) is 3.63. The zero-order chi connectivity index (χ0) is 15.2. The van der Waals surface area contributed by atoms with Crippen molar-refractivity contribution in [3.63, 3.8) is 0 Å². The Hall–Kier alpha value is -2.28. The molecule has 0 unspecified atom stereocenters. The lowest BCUT2D eigenvalue weighted by atomic mass is 10.1. The number of hydrogen-bond acceptors (Lipinski definition) is 6. The second-order valence-electron chi connectivity index (χ2n) is 4.49. The van der Waals surface area contributed by atoms with Crippen LogP contribution in [0.4, 0.5) is 5.69 Å². The van der Waals surface area contributed by atoms with Gasteiger partial charge in [-0.15, -0.1) is 0 Å². The van der Waals surface area contributed by atoms with Crippen LogP contribution in [0.5, 0.6) is 5.75 Å². The second kappa shape index (κ2) is 6.94. The van der Waals surface area contributed by atoms with Crippen LogP contribution in [0.3, 0.4) is 0 Å². The van der Waals surface area contributed by atoms with Gasteiger partial charge in [0.1, 0.15) is 11.3 Å². The van der Waals surface area contributed by atoms with E-state index in [1.54, 1.807) is 23.1 Å². The van der Waals surface area contributed by atoms with E-state index in [9.17, 15) is 9.59 Å². The summed E-state index contributed by atoms with van der Waals surface area (Å²) in [7, 11) is 1.43. The van der Waals surface area contributed by atoms with E-state index in [-0.39, 0.29) is 23.8 Å². The average Bonchev–Trinajstić information content (AvgIpc) is 2.52. The van der Waals surface area contributed by atoms with Gasteiger partial charge in [-0.25, -0.2) is 4.79 Å². The van der Waals surface area contributed by atoms with Crippen molar-refractivity contribution in [3.8, 4) is 5.75 Å². The van der Waals surface area contributed by atoms with Crippen molar-refractivity contribution >= 4 is 17.6 Å². The SMILES string of the molecule is COc1cccc(N)c1C(=O)OCC(=O)N1CCOCC1. The number of anilines is 1. The minimum atomic E-state index is -0.674. The van der Waals surface area contributed by atoms with Gasteiger partial charge >= 0.3 is 5.97 Å². The number of amides is 1. The summed E-state index contributed by atoms with van der Waals surface area (Å²) in [6.45, 7) is 1.69. The molecule has 2 N–H and O–H groups in total. The highest BCUT2D eigenvalue weighted by Gasteiger charge is 2.21. The first-order chi connectivity index (χ1) is 10.1. The molecule has 1 saturated heterocycles. The molecule has 1 heterocycles. The van der Waals surface area contributed by atoms with Crippen LogP contribution < -0.4 is 10.5 Å². The Morgan fingerprint density at radius 3 is 2.71 bits per heavy atom. The number of nitrogens with two attached hydrogens (primary N) is 1. The Bertz CT molecular complexity index is 526. The van der Waals surface area contributed by atoms with Crippen molar-refractivity contribution in [1.29, 1.82) is 0 Å². The summed E-state index contributed by atoms with van der Waals surface area (Å²) in [6.07, 6.45) is 0. The summed E-state index contributed by atoms with van der Waals surface area (Å²) >= 11 is 0. The van der Waals surface area contributed by atoms with Crippen LogP contribution in [0.1, 0.15) is 10.4 Å². The molecule has 1 fully saturated rings. The normalized spacial score (nSPS) is 14.6. The number of carbonyl (C=O) groups is 2. The van der Waals surface area contributed by atoms with Crippen molar-refractivity contribution < 1.29 is 23.8 Å². The van der Waals surface area contributed by atoms with E-state index in [1.807, 2.05) is 0 Å². The minimum absolute atomic E-state index is 0.134. The van der Waals surface area contributed by atoms with E-state index in [0.29, 0.717) is 32.1 Å². The maximum Gasteiger partial charge on any atom is 0.344 e. The van der Waals surface area contributed by atoms with Crippen LogP contribution in [0.15, 0.2) is 18.2 Å². The Morgan fingerprint density at radius 2 is 2.05 bits per heavy atom. The molecule has 21 heavy (non-hydrogen) atoms. The van der Waals surface area contributed by atoms with Gasteiger partial charge in [0.05, 0.1) is 20.3 Å². The molecule has 1 aromatic carbocycles. The van der Waals surface area contributed by atoms with Crippen molar-refractivity contribution in [2.45, 2.75) is 0 Å². The number of benzene rings is 1. The molecule has 1 aliphatic rings. The van der Waals surface area contributed by atoms with Gasteiger partial charge in [0.2, 0.25) is 0 Å². The van der Waals surface area contributed by atoms with Crippen molar-refractivity contribution in [2.24, 2.45) is 0 Å². The zero-order valence-corrected chi connectivity index (χ0v) is 11.8. The number of nitrogens with zero attached hydrogens (tertiary/aromatic N) is 1. The van der Waals surface area contributed by atoms with Crippen LogP contribution in [0.25, 0.3) is 0 Å². The van der Waals surface area contributed by atoms with E-state index in [1.165, 1.54) is 7.11 Å². The highest BCUT2D eigenvalue weighted by molar-refractivity contribution is 5.99. The van der Waals surface area contributed by atoms with Crippen LogP contribution in [-0.4, -0.2) is 56.8 Å². The van der Waals surface area contributed by atoms with E-state index in [0.717, 1.165) is 0 Å². The van der Waals surface area contributed by atoms with Gasteiger partial charge in [0, 0.05) is 18.8 Å². The van der Waals surface area contributed by atoms with E-state index in [4.69, 9.17) is 19.9 Å². The molecule has 0 bridgehead atoms. The Kier molecular flexibility index (Phi) is 4.99. The van der Waals surface area contributed by atoms with Crippen molar-refractivity contribution in [3.05, 3.63) is 23.8 Å². The number of rotatable bonds is 4. The molecule has 0 aliphatic carbocycles. The molecule has 114 valence electrons. The lowest BCUT2D eigenvalue weighted by molar-refractivity contribution is -0.138. The predicted octanol–water partition coefficient (Wildman–Crippen LogP) is 0.293. The largest absolute Gasteiger partial charge is 0.496 e.